The molecule has 2 aliphatic rings. The molecule has 1 fully saturated rings. The van der Waals surface area contributed by atoms with Crippen molar-refractivity contribution in [2.45, 2.75) is 25.2 Å². The molecule has 0 radical (unpaired) electrons. The number of thiazole rings is 1. The highest BCUT2D eigenvalue weighted by Crippen LogP contribution is 2.40. The number of nitrogens with one attached hydrogen (secondary N) is 1. The zero-order valence-electron chi connectivity index (χ0n) is 17.2. The molecule has 0 saturated carbocycles. The van der Waals surface area contributed by atoms with Crippen molar-refractivity contribution < 1.29 is 19.1 Å². The zero-order valence-corrected chi connectivity index (χ0v) is 18.0. The number of anilines is 1. The fourth-order valence-electron chi connectivity index (χ4n) is 4.34. The summed E-state index contributed by atoms with van der Waals surface area (Å²) in [6, 6.07) is 13.6. The highest BCUT2D eigenvalue weighted by molar-refractivity contribution is 7.22. The minimum absolute atomic E-state index is 0.0432. The molecule has 1 aromatic heterocycles. The second-order valence-corrected chi connectivity index (χ2v) is 8.92. The lowest BCUT2D eigenvalue weighted by molar-refractivity contribution is -0.133. The lowest BCUT2D eigenvalue weighted by Crippen LogP contribution is -2.50. The molecule has 7 nitrogen and oxygen atoms in total. The first-order chi connectivity index (χ1) is 15.0. The van der Waals surface area contributed by atoms with E-state index >= 15 is 0 Å². The second kappa shape index (κ2) is 7.85. The van der Waals surface area contributed by atoms with Gasteiger partial charge in [-0.15, -0.1) is 0 Å². The van der Waals surface area contributed by atoms with E-state index in [0.717, 1.165) is 15.8 Å². The third-order valence-corrected chi connectivity index (χ3v) is 7.03. The summed E-state index contributed by atoms with van der Waals surface area (Å²) in [5.74, 6) is 1.34. The maximum atomic E-state index is 13.6. The summed E-state index contributed by atoms with van der Waals surface area (Å²) >= 11 is 1.42. The third-order valence-electron chi connectivity index (χ3n) is 6.10. The van der Waals surface area contributed by atoms with E-state index in [1.807, 2.05) is 42.5 Å². The fourth-order valence-corrected chi connectivity index (χ4v) is 5.21. The Labute approximate surface area is 184 Å². The smallest absolute Gasteiger partial charge is 0.236 e. The van der Waals surface area contributed by atoms with Gasteiger partial charge < -0.3 is 19.7 Å². The highest BCUT2D eigenvalue weighted by Gasteiger charge is 2.43. The van der Waals surface area contributed by atoms with Crippen LogP contribution in [0.5, 0.6) is 11.5 Å². The summed E-state index contributed by atoms with van der Waals surface area (Å²) in [5, 5.41) is 3.61. The van der Waals surface area contributed by atoms with E-state index in [-0.39, 0.29) is 11.8 Å². The van der Waals surface area contributed by atoms with Gasteiger partial charge in [-0.05, 0) is 18.4 Å². The highest BCUT2D eigenvalue weighted by atomic mass is 32.1. The molecule has 0 spiro atoms. The molecule has 0 aliphatic carbocycles. The van der Waals surface area contributed by atoms with Gasteiger partial charge in [0.2, 0.25) is 11.8 Å². The van der Waals surface area contributed by atoms with Crippen molar-refractivity contribution in [3.05, 3.63) is 48.0 Å². The Morgan fingerprint density at radius 1 is 1.06 bits per heavy atom. The first-order valence-electron chi connectivity index (χ1n) is 10.4. The molecular weight excluding hydrogens is 414 g/mol. The predicted octanol–water partition coefficient (Wildman–Crippen LogP) is 3.59. The van der Waals surface area contributed by atoms with Crippen molar-refractivity contribution in [2.75, 3.05) is 31.6 Å². The number of ether oxygens (including phenoxy) is 2. The summed E-state index contributed by atoms with van der Waals surface area (Å²) in [5.41, 5.74) is 1.04. The van der Waals surface area contributed by atoms with Crippen molar-refractivity contribution in [3.8, 4) is 11.5 Å². The lowest BCUT2D eigenvalue weighted by Gasteiger charge is -2.40. The zero-order chi connectivity index (χ0) is 21.4. The Bertz CT molecular complexity index is 1090. The Morgan fingerprint density at radius 2 is 1.74 bits per heavy atom. The van der Waals surface area contributed by atoms with Crippen LogP contribution in [-0.2, 0) is 15.0 Å². The molecule has 0 unspecified atom stereocenters. The lowest BCUT2D eigenvalue weighted by atomic mass is 9.72. The van der Waals surface area contributed by atoms with E-state index in [4.69, 9.17) is 9.47 Å². The van der Waals surface area contributed by atoms with Crippen LogP contribution in [0, 0.1) is 0 Å². The maximum absolute atomic E-state index is 13.6. The van der Waals surface area contributed by atoms with Gasteiger partial charge >= 0.3 is 0 Å². The molecule has 3 heterocycles. The molecule has 1 N–H and O–H groups in total. The molecule has 2 aliphatic heterocycles. The number of rotatable bonds is 3. The minimum atomic E-state index is -0.698. The van der Waals surface area contributed by atoms with E-state index in [1.165, 1.54) is 11.3 Å². The number of carbonyl (C=O) groups excluding carboxylic acids is 2. The van der Waals surface area contributed by atoms with Crippen molar-refractivity contribution in [2.24, 2.45) is 0 Å². The van der Waals surface area contributed by atoms with Crippen molar-refractivity contribution >= 4 is 38.5 Å². The third kappa shape index (κ3) is 3.61. The maximum Gasteiger partial charge on any atom is 0.236 e. The van der Waals surface area contributed by atoms with Crippen LogP contribution in [0.25, 0.3) is 10.2 Å². The van der Waals surface area contributed by atoms with Crippen LogP contribution in [0.1, 0.15) is 25.3 Å². The molecule has 2 amide bonds. The average molecular weight is 438 g/mol. The number of hydrogen-bond acceptors (Lipinski definition) is 6. The van der Waals surface area contributed by atoms with Crippen LogP contribution in [0.3, 0.4) is 0 Å². The van der Waals surface area contributed by atoms with Crippen LogP contribution in [-0.4, -0.2) is 48.0 Å². The van der Waals surface area contributed by atoms with Crippen LogP contribution >= 0.6 is 11.3 Å². The molecule has 1 saturated heterocycles. The molecule has 0 bridgehead atoms. The first kappa shape index (κ1) is 19.8. The number of carbonyl (C=O) groups is 2. The number of aromatic nitrogens is 1. The van der Waals surface area contributed by atoms with Gasteiger partial charge in [-0.25, -0.2) is 4.98 Å². The quantitative estimate of drug-likeness (QED) is 0.677. The monoisotopic (exact) mass is 437 g/mol. The van der Waals surface area contributed by atoms with Crippen molar-refractivity contribution in [1.29, 1.82) is 0 Å². The fraction of sp³-hybridized carbons (Fsp3) is 0.348. The van der Waals surface area contributed by atoms with Gasteiger partial charge in [0.05, 0.1) is 15.6 Å². The van der Waals surface area contributed by atoms with E-state index in [1.54, 1.807) is 11.8 Å². The largest absolute Gasteiger partial charge is 0.486 e. The Morgan fingerprint density at radius 3 is 2.42 bits per heavy atom. The number of hydrogen-bond donors (Lipinski definition) is 1. The molecule has 31 heavy (non-hydrogen) atoms. The normalized spacial score (nSPS) is 17.4. The van der Waals surface area contributed by atoms with E-state index in [2.05, 4.69) is 10.3 Å². The number of piperidine rings is 1. The van der Waals surface area contributed by atoms with Gasteiger partial charge in [-0.1, -0.05) is 41.7 Å². The Balaban J connectivity index is 1.44. The second-order valence-electron chi connectivity index (χ2n) is 7.89. The molecule has 2 aromatic carbocycles. The number of benzene rings is 2. The molecular formula is C23H23N3O4S. The molecule has 0 atom stereocenters. The van der Waals surface area contributed by atoms with Gasteiger partial charge in [0.25, 0.3) is 0 Å². The summed E-state index contributed by atoms with van der Waals surface area (Å²) in [6.07, 6.45) is 1.15. The molecule has 8 heteroatoms. The van der Waals surface area contributed by atoms with E-state index < -0.39 is 5.41 Å². The van der Waals surface area contributed by atoms with Gasteiger partial charge in [-0.2, -0.15) is 0 Å². The molecule has 160 valence electrons. The van der Waals surface area contributed by atoms with Gasteiger partial charge in [-0.3, -0.25) is 9.59 Å². The van der Waals surface area contributed by atoms with Gasteiger partial charge in [0, 0.05) is 32.1 Å². The minimum Gasteiger partial charge on any atom is -0.486 e. The average Bonchev–Trinajstić information content (AvgIpc) is 3.18. The summed E-state index contributed by atoms with van der Waals surface area (Å²) in [4.78, 5) is 31.8. The number of amides is 2. The molecule has 5 rings (SSSR count). The Hall–Kier alpha value is -3.13. The number of fused-ring (bicyclic) bond motifs is 2. The topological polar surface area (TPSA) is 80.8 Å². The predicted molar refractivity (Wildman–Crippen MR) is 119 cm³/mol. The molecule has 3 aromatic rings. The number of likely N-dealkylation sites (tertiary alicyclic amines) is 1. The first-order valence-corrected chi connectivity index (χ1v) is 11.2. The van der Waals surface area contributed by atoms with Gasteiger partial charge in [0.15, 0.2) is 16.6 Å². The number of nitrogens with zero attached hydrogens (tertiary/aromatic N) is 2. The van der Waals surface area contributed by atoms with Crippen LogP contribution in [0.2, 0.25) is 0 Å². The van der Waals surface area contributed by atoms with E-state index in [9.17, 15) is 9.59 Å². The SMILES string of the molecule is CC(=O)N1CCC(C(=O)Nc2nc3cc4c(cc3s2)OCCO4)(c2ccccc2)CC1. The van der Waals surface area contributed by atoms with Crippen LogP contribution in [0.15, 0.2) is 42.5 Å². The van der Waals surface area contributed by atoms with Crippen molar-refractivity contribution in [3.63, 3.8) is 0 Å². The summed E-state index contributed by atoms with van der Waals surface area (Å²) in [6.45, 7) is 3.72. The van der Waals surface area contributed by atoms with Crippen molar-refractivity contribution in [1.82, 2.24) is 9.88 Å². The summed E-state index contributed by atoms with van der Waals surface area (Å²) in [7, 11) is 0. The standard InChI is InChI=1S/C23H23N3O4S/c1-15(27)26-9-7-23(8-10-26,16-5-3-2-4-6-16)21(28)25-22-24-17-13-18-19(14-20(17)31-22)30-12-11-29-18/h2-6,13-14H,7-12H2,1H3,(H,24,25,28). The van der Waals surface area contributed by atoms with Crippen LogP contribution < -0.4 is 14.8 Å². The van der Waals surface area contributed by atoms with Gasteiger partial charge in [0.1, 0.15) is 13.2 Å². The summed E-state index contributed by atoms with van der Waals surface area (Å²) < 4.78 is 12.2. The van der Waals surface area contributed by atoms with E-state index in [0.29, 0.717) is 55.8 Å². The van der Waals surface area contributed by atoms with Crippen LogP contribution in [0.4, 0.5) is 5.13 Å². The Kier molecular flexibility index (Phi) is 5.02.